The van der Waals surface area contributed by atoms with E-state index in [4.69, 9.17) is 9.47 Å². The van der Waals surface area contributed by atoms with Gasteiger partial charge in [-0.05, 0) is 45.6 Å². The molecule has 0 saturated carbocycles. The van der Waals surface area contributed by atoms with Gasteiger partial charge in [-0.1, -0.05) is 36.4 Å². The highest BCUT2D eigenvalue weighted by Gasteiger charge is 2.17. The lowest BCUT2D eigenvalue weighted by atomic mass is 10.1. The van der Waals surface area contributed by atoms with Gasteiger partial charge in [0.2, 0.25) is 0 Å². The van der Waals surface area contributed by atoms with Crippen molar-refractivity contribution in [1.82, 2.24) is 5.32 Å². The number of alkyl carbamates (subject to hydrolysis) is 1. The van der Waals surface area contributed by atoms with Crippen LogP contribution in [-0.4, -0.2) is 24.3 Å². The van der Waals surface area contributed by atoms with Crippen molar-refractivity contribution in [3.8, 4) is 0 Å². The van der Waals surface area contributed by atoms with Gasteiger partial charge in [0.25, 0.3) is 0 Å². The maximum atomic E-state index is 11.7. The van der Waals surface area contributed by atoms with Crippen molar-refractivity contribution in [1.29, 1.82) is 0 Å². The van der Waals surface area contributed by atoms with Gasteiger partial charge in [0.05, 0.1) is 12.6 Å². The van der Waals surface area contributed by atoms with E-state index in [2.05, 4.69) is 24.0 Å². The van der Waals surface area contributed by atoms with Crippen LogP contribution in [0.5, 0.6) is 0 Å². The Morgan fingerprint density at radius 1 is 1.26 bits per heavy atom. The maximum absolute atomic E-state index is 11.7. The molecular weight excluding hydrogens is 290 g/mol. The Balaban J connectivity index is 2.12. The molecule has 1 aromatic carbocycles. The summed E-state index contributed by atoms with van der Waals surface area (Å²) in [4.78, 5) is 11.7. The topological polar surface area (TPSA) is 47.6 Å². The first-order valence-electron chi connectivity index (χ1n) is 8.14. The van der Waals surface area contributed by atoms with E-state index in [0.29, 0.717) is 13.2 Å². The molecule has 0 aromatic heterocycles. The van der Waals surface area contributed by atoms with E-state index in [9.17, 15) is 4.79 Å². The molecule has 4 nitrogen and oxygen atoms in total. The Labute approximate surface area is 139 Å². The van der Waals surface area contributed by atoms with Crippen LogP contribution >= 0.6 is 0 Å². The van der Waals surface area contributed by atoms with Crippen LogP contribution in [0.1, 0.15) is 45.6 Å². The monoisotopic (exact) mass is 319 g/mol. The summed E-state index contributed by atoms with van der Waals surface area (Å²) in [6.45, 7) is 10.7. The molecule has 1 rings (SSSR count). The van der Waals surface area contributed by atoms with E-state index < -0.39 is 11.7 Å². The molecule has 23 heavy (non-hydrogen) atoms. The number of carbonyl (C=O) groups is 1. The lowest BCUT2D eigenvalue weighted by Crippen LogP contribution is -2.38. The molecule has 4 heteroatoms. The van der Waals surface area contributed by atoms with Crippen LogP contribution in [0.25, 0.3) is 0 Å². The third-order valence-electron chi connectivity index (χ3n) is 3.15. The number of hydrogen-bond donors (Lipinski definition) is 1. The predicted molar refractivity (Wildman–Crippen MR) is 93.3 cm³/mol. The summed E-state index contributed by atoms with van der Waals surface area (Å²) < 4.78 is 10.9. The summed E-state index contributed by atoms with van der Waals surface area (Å²) >= 11 is 0. The largest absolute Gasteiger partial charge is 0.444 e. The second-order valence-electron chi connectivity index (χ2n) is 6.52. The Kier molecular flexibility index (Phi) is 8.41. The number of hydrogen-bond acceptors (Lipinski definition) is 3. The highest BCUT2D eigenvalue weighted by Crippen LogP contribution is 2.09. The van der Waals surface area contributed by atoms with Crippen molar-refractivity contribution in [3.63, 3.8) is 0 Å². The number of amides is 1. The van der Waals surface area contributed by atoms with Crippen molar-refractivity contribution in [2.75, 3.05) is 6.61 Å². The summed E-state index contributed by atoms with van der Waals surface area (Å²) in [6, 6.07) is 10.1. The molecule has 0 fully saturated rings. The van der Waals surface area contributed by atoms with E-state index in [-0.39, 0.29) is 6.04 Å². The van der Waals surface area contributed by atoms with Crippen molar-refractivity contribution >= 4 is 6.09 Å². The maximum Gasteiger partial charge on any atom is 0.408 e. The summed E-state index contributed by atoms with van der Waals surface area (Å²) in [5.74, 6) is 0. The van der Waals surface area contributed by atoms with Crippen molar-refractivity contribution in [2.24, 2.45) is 0 Å². The van der Waals surface area contributed by atoms with Crippen LogP contribution in [0.2, 0.25) is 0 Å². The summed E-state index contributed by atoms with van der Waals surface area (Å²) in [7, 11) is 0. The first-order valence-corrected chi connectivity index (χ1v) is 8.14. The van der Waals surface area contributed by atoms with Gasteiger partial charge in [0.15, 0.2) is 0 Å². The number of ether oxygens (including phenoxy) is 2. The number of unbranched alkanes of at least 4 members (excludes halogenated alkanes) is 1. The Bertz CT molecular complexity index is 465. The molecule has 1 atom stereocenters. The molecule has 0 radical (unpaired) electrons. The predicted octanol–water partition coefficient (Wildman–Crippen LogP) is 4.45. The number of rotatable bonds is 9. The molecule has 1 N–H and O–H groups in total. The second-order valence-corrected chi connectivity index (χ2v) is 6.52. The molecule has 0 aliphatic rings. The van der Waals surface area contributed by atoms with E-state index >= 15 is 0 Å². The van der Waals surface area contributed by atoms with Gasteiger partial charge in [-0.3, -0.25) is 0 Å². The summed E-state index contributed by atoms with van der Waals surface area (Å²) in [5, 5.41) is 2.82. The Hall–Kier alpha value is -1.81. The van der Waals surface area contributed by atoms with E-state index in [1.54, 1.807) is 6.08 Å². The zero-order valence-corrected chi connectivity index (χ0v) is 14.5. The molecule has 0 spiro atoms. The molecule has 0 aliphatic heterocycles. The van der Waals surface area contributed by atoms with Gasteiger partial charge in [0.1, 0.15) is 5.60 Å². The minimum Gasteiger partial charge on any atom is -0.444 e. The number of benzene rings is 1. The van der Waals surface area contributed by atoms with Gasteiger partial charge in [0, 0.05) is 6.61 Å². The zero-order valence-electron chi connectivity index (χ0n) is 14.5. The van der Waals surface area contributed by atoms with Crippen molar-refractivity contribution in [3.05, 3.63) is 48.6 Å². The Morgan fingerprint density at radius 2 is 1.96 bits per heavy atom. The smallest absolute Gasteiger partial charge is 0.408 e. The fourth-order valence-electron chi connectivity index (χ4n) is 2.04. The summed E-state index contributed by atoms with van der Waals surface area (Å²) in [6.07, 6.45) is 4.09. The van der Waals surface area contributed by atoms with Crippen LogP contribution in [-0.2, 0) is 16.1 Å². The van der Waals surface area contributed by atoms with Gasteiger partial charge < -0.3 is 14.8 Å². The van der Waals surface area contributed by atoms with Gasteiger partial charge in [-0.15, -0.1) is 6.58 Å². The fraction of sp³-hybridized carbons (Fsp3) is 0.526. The van der Waals surface area contributed by atoms with E-state index in [1.807, 2.05) is 39.0 Å². The van der Waals surface area contributed by atoms with Crippen LogP contribution < -0.4 is 5.32 Å². The van der Waals surface area contributed by atoms with E-state index in [1.165, 1.54) is 5.56 Å². The average molecular weight is 319 g/mol. The average Bonchev–Trinajstić information content (AvgIpc) is 2.48. The zero-order chi connectivity index (χ0) is 17.1. The van der Waals surface area contributed by atoms with Crippen molar-refractivity contribution in [2.45, 2.75) is 58.3 Å². The molecule has 1 aromatic rings. The minimum atomic E-state index is -0.485. The standard InChI is InChI=1S/C19H29NO3/c1-5-17(20-18(21)23-19(2,3)4)13-9-10-14-22-15-16-11-7-6-8-12-16/h5-8,11-12,17H,1,9-10,13-15H2,2-4H3,(H,20,21). The lowest BCUT2D eigenvalue weighted by Gasteiger charge is -2.22. The molecule has 0 aliphatic carbocycles. The normalized spacial score (nSPS) is 12.5. The number of nitrogens with one attached hydrogen (secondary N) is 1. The van der Waals surface area contributed by atoms with Gasteiger partial charge in [-0.2, -0.15) is 0 Å². The van der Waals surface area contributed by atoms with Gasteiger partial charge >= 0.3 is 6.09 Å². The fourth-order valence-corrected chi connectivity index (χ4v) is 2.04. The molecule has 128 valence electrons. The number of carbonyl (C=O) groups excluding carboxylic acids is 1. The molecule has 0 heterocycles. The second kappa shape index (κ2) is 10.1. The third kappa shape index (κ3) is 9.74. The molecule has 1 unspecified atom stereocenters. The van der Waals surface area contributed by atoms with Crippen LogP contribution in [0.4, 0.5) is 4.79 Å². The third-order valence-corrected chi connectivity index (χ3v) is 3.15. The molecule has 0 saturated heterocycles. The van der Waals surface area contributed by atoms with Crippen LogP contribution in [0.3, 0.4) is 0 Å². The van der Waals surface area contributed by atoms with Gasteiger partial charge in [-0.25, -0.2) is 4.79 Å². The highest BCUT2D eigenvalue weighted by molar-refractivity contribution is 5.68. The minimum absolute atomic E-state index is 0.0704. The SMILES string of the molecule is C=CC(CCCCOCc1ccccc1)NC(=O)OC(C)(C)C. The lowest BCUT2D eigenvalue weighted by molar-refractivity contribution is 0.0511. The summed E-state index contributed by atoms with van der Waals surface area (Å²) in [5.41, 5.74) is 0.698. The molecular formula is C19H29NO3. The molecule has 1 amide bonds. The Morgan fingerprint density at radius 3 is 2.57 bits per heavy atom. The first kappa shape index (κ1) is 19.2. The highest BCUT2D eigenvalue weighted by atomic mass is 16.6. The first-order chi connectivity index (χ1) is 10.9. The van der Waals surface area contributed by atoms with Crippen LogP contribution in [0, 0.1) is 0 Å². The molecule has 0 bridgehead atoms. The quantitative estimate of drug-likeness (QED) is 0.540. The van der Waals surface area contributed by atoms with E-state index in [0.717, 1.165) is 19.3 Å². The van der Waals surface area contributed by atoms with Crippen LogP contribution in [0.15, 0.2) is 43.0 Å². The van der Waals surface area contributed by atoms with Crippen molar-refractivity contribution < 1.29 is 14.3 Å².